The van der Waals surface area contributed by atoms with Crippen LogP contribution in [0.2, 0.25) is 0 Å². The van der Waals surface area contributed by atoms with Crippen molar-refractivity contribution < 1.29 is 0 Å². The van der Waals surface area contributed by atoms with E-state index in [1.165, 1.54) is 60.1 Å². The first-order valence-corrected chi connectivity index (χ1v) is 18.5. The zero-order valence-corrected chi connectivity index (χ0v) is 30.2. The van der Waals surface area contributed by atoms with Crippen molar-refractivity contribution in [3.8, 4) is 22.3 Å². The standard InChI is InChI=1S/C51H37N3/c1-51(2)44-26-25-38(29-43(44)49-39-21-12-11-14-33(39)24-27-45(49)51)40-22-13-23-41-42-28-36-19-9-10-20-37(36)30-48(42)54(50(40)41)32-53-47(35-17-7-4-8-18-35)31-46(52)34-15-5-3-6-16-34/h3-32,52H,1-2H3/b47-31-,52-46?,53-32?. The van der Waals surface area contributed by atoms with E-state index in [4.69, 9.17) is 10.4 Å². The number of rotatable bonds is 6. The van der Waals surface area contributed by atoms with Crippen molar-refractivity contribution >= 4 is 61.1 Å². The second-order valence-electron chi connectivity index (χ2n) is 14.8. The summed E-state index contributed by atoms with van der Waals surface area (Å²) in [6, 6.07) is 60.2. The molecule has 1 heterocycles. The molecule has 0 aliphatic heterocycles. The van der Waals surface area contributed by atoms with Crippen molar-refractivity contribution in [1.82, 2.24) is 4.57 Å². The minimum Gasteiger partial charge on any atom is -0.300 e. The molecule has 1 aliphatic rings. The average molecular weight is 692 g/mol. The van der Waals surface area contributed by atoms with Gasteiger partial charge < -0.3 is 5.41 Å². The molecular weight excluding hydrogens is 655 g/mol. The van der Waals surface area contributed by atoms with E-state index in [0.29, 0.717) is 5.71 Å². The number of aliphatic imine (C=N–C) groups is 1. The lowest BCUT2D eigenvalue weighted by molar-refractivity contribution is 0.661. The Morgan fingerprint density at radius 1 is 0.556 bits per heavy atom. The Kier molecular flexibility index (Phi) is 7.31. The summed E-state index contributed by atoms with van der Waals surface area (Å²) in [7, 11) is 0. The molecule has 3 nitrogen and oxygen atoms in total. The summed E-state index contributed by atoms with van der Waals surface area (Å²) in [5.41, 5.74) is 12.7. The van der Waals surface area contributed by atoms with E-state index in [1.807, 2.05) is 60.9 Å². The van der Waals surface area contributed by atoms with Gasteiger partial charge in [0.15, 0.2) is 0 Å². The minimum atomic E-state index is -0.103. The Balaban J connectivity index is 1.22. The molecule has 0 fully saturated rings. The van der Waals surface area contributed by atoms with Gasteiger partial charge in [-0.25, -0.2) is 4.99 Å². The Labute approximate surface area is 314 Å². The first kappa shape index (κ1) is 31.9. The van der Waals surface area contributed by atoms with E-state index in [1.54, 1.807) is 0 Å². The van der Waals surface area contributed by atoms with Gasteiger partial charge in [-0.1, -0.05) is 166 Å². The molecule has 0 unspecified atom stereocenters. The first-order chi connectivity index (χ1) is 26.5. The molecular formula is C51H37N3. The smallest absolute Gasteiger partial charge is 0.100 e. The molecule has 8 aromatic carbocycles. The van der Waals surface area contributed by atoms with Crippen LogP contribution in [0.25, 0.3) is 71.3 Å². The lowest BCUT2D eigenvalue weighted by Crippen LogP contribution is -2.14. The second-order valence-corrected chi connectivity index (χ2v) is 14.8. The van der Waals surface area contributed by atoms with Gasteiger partial charge in [-0.05, 0) is 79.2 Å². The summed E-state index contributed by atoms with van der Waals surface area (Å²) in [6.45, 7) is 4.70. The highest BCUT2D eigenvalue weighted by molar-refractivity contribution is 6.19. The van der Waals surface area contributed by atoms with E-state index >= 15 is 0 Å². The Bertz CT molecular complexity index is 3020. The van der Waals surface area contributed by atoms with Gasteiger partial charge in [0.1, 0.15) is 6.34 Å². The second kappa shape index (κ2) is 12.4. The van der Waals surface area contributed by atoms with Gasteiger partial charge in [0.05, 0.1) is 22.4 Å². The maximum Gasteiger partial charge on any atom is 0.100 e. The van der Waals surface area contributed by atoms with E-state index in [2.05, 4.69) is 140 Å². The molecule has 256 valence electrons. The molecule has 0 saturated carbocycles. The van der Waals surface area contributed by atoms with Crippen LogP contribution in [0.15, 0.2) is 181 Å². The van der Waals surface area contributed by atoms with Gasteiger partial charge in [0, 0.05) is 27.3 Å². The van der Waals surface area contributed by atoms with Crippen LogP contribution >= 0.6 is 0 Å². The number of nitrogens with one attached hydrogen (secondary N) is 1. The van der Waals surface area contributed by atoms with Gasteiger partial charge in [-0.15, -0.1) is 0 Å². The molecule has 1 aromatic heterocycles. The summed E-state index contributed by atoms with van der Waals surface area (Å²) in [5, 5.41) is 16.3. The number of fused-ring (bicyclic) bond motifs is 9. The van der Waals surface area contributed by atoms with Crippen molar-refractivity contribution in [2.75, 3.05) is 0 Å². The first-order valence-electron chi connectivity index (χ1n) is 18.5. The molecule has 0 saturated heterocycles. The number of nitrogens with zero attached hydrogens (tertiary/aromatic N) is 2. The zero-order valence-electron chi connectivity index (χ0n) is 30.2. The number of allylic oxidation sites excluding steroid dienone is 1. The van der Waals surface area contributed by atoms with E-state index in [0.717, 1.165) is 33.4 Å². The SMILES string of the molecule is CC1(C)c2ccc(-c3cccc4c5cc6ccccc6cc5n(C=N/C(=C\C(=N)c5ccccc5)c5ccccc5)c34)cc2-c2c1ccc1ccccc21. The van der Waals surface area contributed by atoms with Crippen molar-refractivity contribution in [2.45, 2.75) is 19.3 Å². The molecule has 1 N–H and O–H groups in total. The molecule has 1 aliphatic carbocycles. The maximum atomic E-state index is 9.00. The quantitative estimate of drug-likeness (QED) is 0.133. The van der Waals surface area contributed by atoms with Crippen LogP contribution < -0.4 is 0 Å². The normalized spacial score (nSPS) is 13.6. The highest BCUT2D eigenvalue weighted by atomic mass is 15.0. The predicted molar refractivity (Wildman–Crippen MR) is 229 cm³/mol. The number of aromatic nitrogens is 1. The monoisotopic (exact) mass is 691 g/mol. The van der Waals surface area contributed by atoms with Crippen LogP contribution in [0, 0.1) is 5.41 Å². The minimum absolute atomic E-state index is 0.103. The molecule has 0 amide bonds. The summed E-state index contributed by atoms with van der Waals surface area (Å²) in [4.78, 5) is 5.22. The molecule has 9 aromatic rings. The predicted octanol–water partition coefficient (Wildman–Crippen LogP) is 13.1. The molecule has 0 spiro atoms. The maximum absolute atomic E-state index is 9.00. The number of benzene rings is 8. The molecule has 0 atom stereocenters. The molecule has 0 bridgehead atoms. The molecule has 10 rings (SSSR count). The van der Waals surface area contributed by atoms with Crippen molar-refractivity contribution in [1.29, 1.82) is 5.41 Å². The zero-order chi connectivity index (χ0) is 36.4. The topological polar surface area (TPSA) is 41.1 Å². The van der Waals surface area contributed by atoms with E-state index in [-0.39, 0.29) is 5.41 Å². The fourth-order valence-corrected chi connectivity index (χ4v) is 8.59. The largest absolute Gasteiger partial charge is 0.300 e. The number of hydrogen-bond donors (Lipinski definition) is 1. The van der Waals surface area contributed by atoms with E-state index in [9.17, 15) is 0 Å². The van der Waals surface area contributed by atoms with Crippen LogP contribution in [0.4, 0.5) is 0 Å². The molecule has 54 heavy (non-hydrogen) atoms. The lowest BCUT2D eigenvalue weighted by atomic mass is 9.82. The molecule has 3 heteroatoms. The van der Waals surface area contributed by atoms with Crippen molar-refractivity contribution in [3.05, 3.63) is 198 Å². The van der Waals surface area contributed by atoms with Gasteiger partial charge in [0.2, 0.25) is 0 Å². The fourth-order valence-electron chi connectivity index (χ4n) is 8.59. The van der Waals surface area contributed by atoms with Crippen LogP contribution in [0.1, 0.15) is 36.1 Å². The summed E-state index contributed by atoms with van der Waals surface area (Å²) in [5.74, 6) is 0. The van der Waals surface area contributed by atoms with Gasteiger partial charge in [-0.2, -0.15) is 0 Å². The summed E-state index contributed by atoms with van der Waals surface area (Å²) < 4.78 is 2.26. The van der Waals surface area contributed by atoms with Gasteiger partial charge in [0.25, 0.3) is 0 Å². The third-order valence-corrected chi connectivity index (χ3v) is 11.3. The summed E-state index contributed by atoms with van der Waals surface area (Å²) >= 11 is 0. The van der Waals surface area contributed by atoms with Crippen LogP contribution in [0.5, 0.6) is 0 Å². The molecule has 0 radical (unpaired) electrons. The highest BCUT2D eigenvalue weighted by Crippen LogP contribution is 2.52. The van der Waals surface area contributed by atoms with Crippen molar-refractivity contribution in [2.24, 2.45) is 4.99 Å². The fraction of sp³-hybridized carbons (Fsp3) is 0.0588. The summed E-state index contributed by atoms with van der Waals surface area (Å²) in [6.07, 6.45) is 3.83. The van der Waals surface area contributed by atoms with Crippen LogP contribution in [0.3, 0.4) is 0 Å². The van der Waals surface area contributed by atoms with Crippen molar-refractivity contribution in [3.63, 3.8) is 0 Å². The van der Waals surface area contributed by atoms with Gasteiger partial charge in [-0.3, -0.25) is 4.57 Å². The third kappa shape index (κ3) is 5.04. The van der Waals surface area contributed by atoms with Crippen LogP contribution in [-0.2, 0) is 5.41 Å². The Morgan fingerprint density at radius 2 is 1.20 bits per heavy atom. The lowest BCUT2D eigenvalue weighted by Gasteiger charge is -2.21. The number of para-hydroxylation sites is 1. The highest BCUT2D eigenvalue weighted by Gasteiger charge is 2.36. The Hall–Kier alpha value is -6.84. The third-order valence-electron chi connectivity index (χ3n) is 11.3. The average Bonchev–Trinajstić information content (AvgIpc) is 3.65. The number of hydrogen-bond acceptors (Lipinski definition) is 2. The van der Waals surface area contributed by atoms with Gasteiger partial charge >= 0.3 is 0 Å². The van der Waals surface area contributed by atoms with Crippen LogP contribution in [-0.4, -0.2) is 16.6 Å². The van der Waals surface area contributed by atoms with E-state index < -0.39 is 0 Å². The Morgan fingerprint density at radius 3 is 1.98 bits per heavy atom.